The van der Waals surface area contributed by atoms with E-state index in [0.29, 0.717) is 26.9 Å². The summed E-state index contributed by atoms with van der Waals surface area (Å²) in [5, 5.41) is 5.01. The molecule has 0 saturated carbocycles. The van der Waals surface area contributed by atoms with Gasteiger partial charge in [0.1, 0.15) is 5.75 Å². The average molecular weight is 376 g/mol. The number of benzene rings is 2. The van der Waals surface area contributed by atoms with Gasteiger partial charge in [0.15, 0.2) is 0 Å². The Hall–Kier alpha value is -2.50. The molecule has 128 valence electrons. The maximum atomic E-state index is 11.9. The second-order valence-corrected chi connectivity index (χ2v) is 6.20. The van der Waals surface area contributed by atoms with Crippen molar-refractivity contribution in [3.05, 3.63) is 58.2 Å². The number of carbonyl (C=O) groups is 1. The summed E-state index contributed by atoms with van der Waals surface area (Å²) in [4.78, 5) is 11.9. The van der Waals surface area contributed by atoms with Crippen LogP contribution in [0.25, 0.3) is 22.4 Å². The van der Waals surface area contributed by atoms with Crippen LogP contribution in [0.2, 0.25) is 10.0 Å². The van der Waals surface area contributed by atoms with Gasteiger partial charge in [-0.05, 0) is 23.8 Å². The van der Waals surface area contributed by atoms with Crippen LogP contribution in [0.4, 0.5) is 0 Å². The van der Waals surface area contributed by atoms with Crippen molar-refractivity contribution in [1.29, 1.82) is 0 Å². The van der Waals surface area contributed by atoms with Gasteiger partial charge < -0.3 is 10.5 Å². The summed E-state index contributed by atoms with van der Waals surface area (Å²) in [6, 6.07) is 10.7. The molecular weight excluding hydrogens is 361 g/mol. The highest BCUT2D eigenvalue weighted by Gasteiger charge is 2.19. The van der Waals surface area contributed by atoms with E-state index in [4.69, 9.17) is 33.7 Å². The van der Waals surface area contributed by atoms with Crippen LogP contribution in [0.1, 0.15) is 10.4 Å². The van der Waals surface area contributed by atoms with Crippen molar-refractivity contribution in [2.45, 2.75) is 0 Å². The molecule has 0 saturated heterocycles. The minimum Gasteiger partial charge on any atom is -0.495 e. The SMILES string of the molecule is COc1ccc(C(N)=O)c(-c2cccc(-c3c(Cl)cnn3C)c2)c1Cl. The average Bonchev–Trinajstić information content (AvgIpc) is 2.93. The molecule has 2 N–H and O–H groups in total. The van der Waals surface area contributed by atoms with Crippen molar-refractivity contribution in [2.24, 2.45) is 12.8 Å². The van der Waals surface area contributed by atoms with Crippen LogP contribution in [-0.2, 0) is 7.05 Å². The number of hydrogen-bond acceptors (Lipinski definition) is 3. The van der Waals surface area contributed by atoms with Crippen LogP contribution >= 0.6 is 23.2 Å². The maximum absolute atomic E-state index is 11.9. The third-order valence-corrected chi connectivity index (χ3v) is 4.56. The lowest BCUT2D eigenvalue weighted by atomic mass is 9.96. The van der Waals surface area contributed by atoms with Gasteiger partial charge >= 0.3 is 0 Å². The number of amides is 1. The molecule has 1 heterocycles. The first-order chi connectivity index (χ1) is 11.9. The summed E-state index contributed by atoms with van der Waals surface area (Å²) >= 11 is 12.7. The largest absolute Gasteiger partial charge is 0.495 e. The van der Waals surface area contributed by atoms with Gasteiger partial charge in [-0.1, -0.05) is 41.4 Å². The zero-order valence-electron chi connectivity index (χ0n) is 13.6. The summed E-state index contributed by atoms with van der Waals surface area (Å²) in [5.41, 5.74) is 8.70. The lowest BCUT2D eigenvalue weighted by molar-refractivity contribution is 0.100. The molecule has 1 aromatic heterocycles. The minimum atomic E-state index is -0.566. The Morgan fingerprint density at radius 1 is 1.20 bits per heavy atom. The van der Waals surface area contributed by atoms with Gasteiger partial charge in [0, 0.05) is 23.7 Å². The lowest BCUT2D eigenvalue weighted by Crippen LogP contribution is -2.13. The number of aromatic nitrogens is 2. The molecule has 7 heteroatoms. The number of methoxy groups -OCH3 is 1. The van der Waals surface area contributed by atoms with E-state index >= 15 is 0 Å². The van der Waals surface area contributed by atoms with E-state index in [9.17, 15) is 4.79 Å². The van der Waals surface area contributed by atoms with Gasteiger partial charge in [0.25, 0.3) is 0 Å². The summed E-state index contributed by atoms with van der Waals surface area (Å²) in [6.45, 7) is 0. The predicted octanol–water partition coefficient (Wildman–Crippen LogP) is 4.17. The fourth-order valence-electron chi connectivity index (χ4n) is 2.76. The molecule has 0 aliphatic rings. The van der Waals surface area contributed by atoms with E-state index in [1.54, 1.807) is 30.1 Å². The maximum Gasteiger partial charge on any atom is 0.249 e. The van der Waals surface area contributed by atoms with Gasteiger partial charge in [-0.2, -0.15) is 5.10 Å². The highest BCUT2D eigenvalue weighted by molar-refractivity contribution is 6.36. The second kappa shape index (κ2) is 6.78. The van der Waals surface area contributed by atoms with Gasteiger partial charge in [0.05, 0.1) is 29.0 Å². The third kappa shape index (κ3) is 3.08. The molecule has 0 fully saturated rings. The number of halogens is 2. The molecular formula is C18H15Cl2N3O2. The molecule has 1 amide bonds. The van der Waals surface area contributed by atoms with E-state index in [-0.39, 0.29) is 0 Å². The second-order valence-electron chi connectivity index (χ2n) is 5.41. The molecule has 0 aliphatic heterocycles. The predicted molar refractivity (Wildman–Crippen MR) is 99.2 cm³/mol. The zero-order chi connectivity index (χ0) is 18.1. The molecule has 0 radical (unpaired) electrons. The molecule has 5 nitrogen and oxygen atoms in total. The Labute approximate surface area is 154 Å². The number of aryl methyl sites for hydroxylation is 1. The number of nitrogens with zero attached hydrogens (tertiary/aromatic N) is 2. The van der Waals surface area contributed by atoms with Gasteiger partial charge in [-0.3, -0.25) is 9.48 Å². The monoisotopic (exact) mass is 375 g/mol. The third-order valence-electron chi connectivity index (χ3n) is 3.91. The molecule has 2 aromatic carbocycles. The van der Waals surface area contributed by atoms with Crippen LogP contribution in [0.3, 0.4) is 0 Å². The van der Waals surface area contributed by atoms with Crippen molar-refractivity contribution < 1.29 is 9.53 Å². The number of ether oxygens (including phenoxy) is 1. The Balaban J connectivity index is 2.25. The van der Waals surface area contributed by atoms with Crippen molar-refractivity contribution >= 4 is 29.1 Å². The van der Waals surface area contributed by atoms with Crippen molar-refractivity contribution in [3.63, 3.8) is 0 Å². The van der Waals surface area contributed by atoms with Gasteiger partial charge in [0.2, 0.25) is 5.91 Å². The Morgan fingerprint density at radius 2 is 1.92 bits per heavy atom. The lowest BCUT2D eigenvalue weighted by Gasteiger charge is -2.14. The summed E-state index contributed by atoms with van der Waals surface area (Å²) < 4.78 is 6.95. The van der Waals surface area contributed by atoms with Crippen LogP contribution in [0, 0.1) is 0 Å². The number of carbonyl (C=O) groups excluding carboxylic acids is 1. The molecule has 3 rings (SSSR count). The zero-order valence-corrected chi connectivity index (χ0v) is 15.1. The summed E-state index contributed by atoms with van der Waals surface area (Å²) in [7, 11) is 3.32. The van der Waals surface area contributed by atoms with Crippen LogP contribution in [0.15, 0.2) is 42.6 Å². The van der Waals surface area contributed by atoms with Crippen molar-refractivity contribution in [1.82, 2.24) is 9.78 Å². The van der Waals surface area contributed by atoms with E-state index in [1.807, 2.05) is 24.3 Å². The van der Waals surface area contributed by atoms with E-state index < -0.39 is 5.91 Å². The molecule has 3 aromatic rings. The van der Waals surface area contributed by atoms with Gasteiger partial charge in [-0.15, -0.1) is 0 Å². The smallest absolute Gasteiger partial charge is 0.249 e. The highest BCUT2D eigenvalue weighted by atomic mass is 35.5. The number of rotatable bonds is 4. The normalized spacial score (nSPS) is 10.7. The summed E-state index contributed by atoms with van der Waals surface area (Å²) in [5.74, 6) is -0.103. The van der Waals surface area contributed by atoms with E-state index in [2.05, 4.69) is 5.10 Å². The molecule has 25 heavy (non-hydrogen) atoms. The topological polar surface area (TPSA) is 70.1 Å². The quantitative estimate of drug-likeness (QED) is 0.743. The van der Waals surface area contributed by atoms with Crippen molar-refractivity contribution in [2.75, 3.05) is 7.11 Å². The first kappa shape index (κ1) is 17.3. The number of hydrogen-bond donors (Lipinski definition) is 1. The molecule has 0 atom stereocenters. The minimum absolute atomic E-state index is 0.319. The van der Waals surface area contributed by atoms with Crippen LogP contribution in [0.5, 0.6) is 5.75 Å². The first-order valence-electron chi connectivity index (χ1n) is 7.38. The number of primary amides is 1. The first-order valence-corrected chi connectivity index (χ1v) is 8.14. The Bertz CT molecular complexity index is 947. The summed E-state index contributed by atoms with van der Waals surface area (Å²) in [6.07, 6.45) is 1.58. The molecule has 0 bridgehead atoms. The molecule has 0 aliphatic carbocycles. The number of nitrogens with two attached hydrogens (primary N) is 1. The molecule has 0 unspecified atom stereocenters. The Morgan fingerprint density at radius 3 is 2.52 bits per heavy atom. The highest BCUT2D eigenvalue weighted by Crippen LogP contribution is 2.39. The van der Waals surface area contributed by atoms with Crippen LogP contribution < -0.4 is 10.5 Å². The van der Waals surface area contributed by atoms with Crippen molar-refractivity contribution in [3.8, 4) is 28.1 Å². The molecule has 0 spiro atoms. The van der Waals surface area contributed by atoms with E-state index in [1.165, 1.54) is 7.11 Å². The fraction of sp³-hybridized carbons (Fsp3) is 0.111. The fourth-order valence-corrected chi connectivity index (χ4v) is 3.39. The van der Waals surface area contributed by atoms with E-state index in [0.717, 1.165) is 16.8 Å². The van der Waals surface area contributed by atoms with Gasteiger partial charge in [-0.25, -0.2) is 0 Å². The van der Waals surface area contributed by atoms with Crippen LogP contribution in [-0.4, -0.2) is 22.8 Å². The Kier molecular flexibility index (Phi) is 4.70. The standard InChI is InChI=1S/C18H15Cl2N3O2/c1-23-17(13(19)9-22-23)11-5-3-4-10(8-11)15-12(18(21)24)6-7-14(25-2)16(15)20/h3-9H,1-2H3,(H2,21,24).